The minimum absolute atomic E-state index is 0. The van der Waals surface area contributed by atoms with Crippen LogP contribution in [0.1, 0.15) is 30.4 Å². The molecule has 0 saturated heterocycles. The van der Waals surface area contributed by atoms with Crippen molar-refractivity contribution in [2.24, 2.45) is 10.9 Å². The molecule has 0 aliphatic heterocycles. The van der Waals surface area contributed by atoms with Gasteiger partial charge in [-0.15, -0.1) is 24.0 Å². The Morgan fingerprint density at radius 3 is 2.89 bits per heavy atom. The summed E-state index contributed by atoms with van der Waals surface area (Å²) in [6.45, 7) is 4.20. The first kappa shape index (κ1) is 21.7. The Hall–Kier alpha value is -1.61. The fraction of sp³-hybridized carbons (Fsp3) is 0.500. The van der Waals surface area contributed by atoms with Crippen molar-refractivity contribution < 1.29 is 4.74 Å². The van der Waals surface area contributed by atoms with E-state index in [0.29, 0.717) is 0 Å². The fourth-order valence-corrected chi connectivity index (χ4v) is 2.75. The number of nitrogens with one attached hydrogen (secondary N) is 2. The summed E-state index contributed by atoms with van der Waals surface area (Å²) in [6, 6.07) is 8.57. The standard InChI is InChI=1S/C20H29N5O.HI/c1-21-20(23-8-3-11-26-15-17-6-7-17)24-13-18-4-2-5-19(12-18)14-25-10-9-22-16-25;/h2,4-5,9-10,12,16-17H,3,6-8,11,13-15H2,1H3,(H2,21,23,24);1H. The molecule has 0 atom stereocenters. The Kier molecular flexibility index (Phi) is 9.61. The van der Waals surface area contributed by atoms with E-state index in [-0.39, 0.29) is 24.0 Å². The van der Waals surface area contributed by atoms with Gasteiger partial charge in [0.1, 0.15) is 0 Å². The van der Waals surface area contributed by atoms with Crippen LogP contribution in [0.5, 0.6) is 0 Å². The molecule has 1 aliphatic carbocycles. The van der Waals surface area contributed by atoms with Gasteiger partial charge in [0.05, 0.1) is 6.33 Å². The van der Waals surface area contributed by atoms with E-state index in [1.54, 1.807) is 13.2 Å². The molecule has 0 bridgehead atoms. The number of hydrogen-bond donors (Lipinski definition) is 2. The van der Waals surface area contributed by atoms with E-state index in [0.717, 1.165) is 51.1 Å². The normalized spacial score (nSPS) is 13.9. The van der Waals surface area contributed by atoms with E-state index >= 15 is 0 Å². The number of guanidine groups is 1. The lowest BCUT2D eigenvalue weighted by atomic mass is 10.1. The number of aliphatic imine (C=N–C) groups is 1. The minimum atomic E-state index is 0. The minimum Gasteiger partial charge on any atom is -0.381 e. The van der Waals surface area contributed by atoms with Crippen LogP contribution >= 0.6 is 24.0 Å². The molecule has 0 unspecified atom stereocenters. The molecule has 0 amide bonds. The molecule has 1 fully saturated rings. The van der Waals surface area contributed by atoms with Gasteiger partial charge in [-0.3, -0.25) is 4.99 Å². The zero-order valence-electron chi connectivity index (χ0n) is 15.9. The van der Waals surface area contributed by atoms with E-state index in [4.69, 9.17) is 4.74 Å². The zero-order valence-corrected chi connectivity index (χ0v) is 18.3. The van der Waals surface area contributed by atoms with Gasteiger partial charge in [0, 0.05) is 52.3 Å². The predicted molar refractivity (Wildman–Crippen MR) is 120 cm³/mol. The molecule has 1 aliphatic rings. The van der Waals surface area contributed by atoms with Crippen molar-refractivity contribution in [3.05, 3.63) is 54.1 Å². The highest BCUT2D eigenvalue weighted by Crippen LogP contribution is 2.28. The van der Waals surface area contributed by atoms with Gasteiger partial charge >= 0.3 is 0 Å². The van der Waals surface area contributed by atoms with Crippen LogP contribution in [0.15, 0.2) is 48.0 Å². The highest BCUT2D eigenvalue weighted by Gasteiger charge is 2.20. The summed E-state index contributed by atoms with van der Waals surface area (Å²) in [5, 5.41) is 6.71. The zero-order chi connectivity index (χ0) is 18.0. The van der Waals surface area contributed by atoms with Crippen LogP contribution in [-0.2, 0) is 17.8 Å². The molecular weight excluding hydrogens is 453 g/mol. The predicted octanol–water partition coefficient (Wildman–Crippen LogP) is 3.03. The molecule has 1 heterocycles. The maximum Gasteiger partial charge on any atom is 0.191 e. The number of nitrogens with zero attached hydrogens (tertiary/aromatic N) is 3. The quantitative estimate of drug-likeness (QED) is 0.236. The second kappa shape index (κ2) is 12.0. The van der Waals surface area contributed by atoms with Crippen molar-refractivity contribution in [3.8, 4) is 0 Å². The lowest BCUT2D eigenvalue weighted by Crippen LogP contribution is -2.37. The van der Waals surface area contributed by atoms with Crippen molar-refractivity contribution in [1.29, 1.82) is 0 Å². The average Bonchev–Trinajstić information content (AvgIpc) is 3.35. The van der Waals surface area contributed by atoms with Crippen LogP contribution in [0.2, 0.25) is 0 Å². The first-order chi connectivity index (χ1) is 12.8. The van der Waals surface area contributed by atoms with Crippen LogP contribution in [0.3, 0.4) is 0 Å². The molecular formula is C20H30IN5O. The monoisotopic (exact) mass is 483 g/mol. The molecule has 27 heavy (non-hydrogen) atoms. The van der Waals surface area contributed by atoms with E-state index in [1.807, 2.05) is 12.5 Å². The van der Waals surface area contributed by atoms with Crippen molar-refractivity contribution >= 4 is 29.9 Å². The summed E-state index contributed by atoms with van der Waals surface area (Å²) in [6.07, 6.45) is 9.30. The molecule has 0 spiro atoms. The van der Waals surface area contributed by atoms with Crippen molar-refractivity contribution in [3.63, 3.8) is 0 Å². The number of benzene rings is 1. The number of aromatic nitrogens is 2. The van der Waals surface area contributed by atoms with E-state index in [9.17, 15) is 0 Å². The third kappa shape index (κ3) is 8.30. The molecule has 1 aromatic heterocycles. The molecule has 2 N–H and O–H groups in total. The Balaban J connectivity index is 0.00000261. The number of ether oxygens (including phenoxy) is 1. The molecule has 6 nitrogen and oxygen atoms in total. The topological polar surface area (TPSA) is 63.5 Å². The Morgan fingerprint density at radius 1 is 1.30 bits per heavy atom. The van der Waals surface area contributed by atoms with Gasteiger partial charge in [0.2, 0.25) is 0 Å². The van der Waals surface area contributed by atoms with E-state index < -0.39 is 0 Å². The van der Waals surface area contributed by atoms with Gasteiger partial charge in [-0.1, -0.05) is 24.3 Å². The number of halogens is 1. The van der Waals surface area contributed by atoms with Gasteiger partial charge < -0.3 is 19.9 Å². The van der Waals surface area contributed by atoms with Crippen molar-refractivity contribution in [2.45, 2.75) is 32.4 Å². The van der Waals surface area contributed by atoms with Crippen molar-refractivity contribution in [2.75, 3.05) is 26.8 Å². The van der Waals surface area contributed by atoms with Gasteiger partial charge in [-0.2, -0.15) is 0 Å². The van der Waals surface area contributed by atoms with Gasteiger partial charge in [0.15, 0.2) is 5.96 Å². The summed E-state index contributed by atoms with van der Waals surface area (Å²) in [4.78, 5) is 8.37. The third-order valence-electron chi connectivity index (χ3n) is 4.41. The average molecular weight is 483 g/mol. The number of hydrogen-bond acceptors (Lipinski definition) is 3. The van der Waals surface area contributed by atoms with Crippen LogP contribution in [0.25, 0.3) is 0 Å². The second-order valence-corrected chi connectivity index (χ2v) is 6.78. The highest BCUT2D eigenvalue weighted by atomic mass is 127. The summed E-state index contributed by atoms with van der Waals surface area (Å²) in [5.74, 6) is 1.66. The number of rotatable bonds is 10. The van der Waals surface area contributed by atoms with Crippen LogP contribution < -0.4 is 10.6 Å². The maximum atomic E-state index is 5.65. The molecule has 2 aromatic rings. The van der Waals surface area contributed by atoms with Crippen LogP contribution in [0.4, 0.5) is 0 Å². The molecule has 0 radical (unpaired) electrons. The van der Waals surface area contributed by atoms with Gasteiger partial charge in [0.25, 0.3) is 0 Å². The first-order valence-corrected chi connectivity index (χ1v) is 9.39. The second-order valence-electron chi connectivity index (χ2n) is 6.78. The Labute approximate surface area is 178 Å². The molecule has 1 aromatic carbocycles. The molecule has 148 valence electrons. The summed E-state index contributed by atoms with van der Waals surface area (Å²) >= 11 is 0. The Morgan fingerprint density at radius 2 is 2.15 bits per heavy atom. The molecule has 1 saturated carbocycles. The number of imidazole rings is 1. The summed E-state index contributed by atoms with van der Waals surface area (Å²) in [5.41, 5.74) is 2.50. The third-order valence-corrected chi connectivity index (χ3v) is 4.41. The Bertz CT molecular complexity index is 685. The van der Waals surface area contributed by atoms with Crippen molar-refractivity contribution in [1.82, 2.24) is 20.2 Å². The SMILES string of the molecule is CN=C(NCCCOCC1CC1)NCc1cccc(Cn2ccnc2)c1.I. The van der Waals surface area contributed by atoms with E-state index in [1.165, 1.54) is 24.0 Å². The highest BCUT2D eigenvalue weighted by molar-refractivity contribution is 14.0. The fourth-order valence-electron chi connectivity index (χ4n) is 2.75. The van der Waals surface area contributed by atoms with Crippen LogP contribution in [-0.4, -0.2) is 42.3 Å². The lowest BCUT2D eigenvalue weighted by Gasteiger charge is -2.13. The first-order valence-electron chi connectivity index (χ1n) is 9.39. The maximum absolute atomic E-state index is 5.65. The lowest BCUT2D eigenvalue weighted by molar-refractivity contribution is 0.123. The summed E-state index contributed by atoms with van der Waals surface area (Å²) < 4.78 is 7.72. The molecule has 7 heteroatoms. The molecule has 3 rings (SSSR count). The summed E-state index contributed by atoms with van der Waals surface area (Å²) in [7, 11) is 1.80. The largest absolute Gasteiger partial charge is 0.381 e. The van der Waals surface area contributed by atoms with Crippen LogP contribution in [0, 0.1) is 5.92 Å². The van der Waals surface area contributed by atoms with Gasteiger partial charge in [-0.25, -0.2) is 4.98 Å². The van der Waals surface area contributed by atoms with Gasteiger partial charge in [-0.05, 0) is 36.3 Å². The smallest absolute Gasteiger partial charge is 0.191 e. The van der Waals surface area contributed by atoms with E-state index in [2.05, 4.69) is 49.4 Å².